The summed E-state index contributed by atoms with van der Waals surface area (Å²) in [4.78, 5) is 13.6. The lowest BCUT2D eigenvalue weighted by atomic mass is 10.2. The van der Waals surface area contributed by atoms with E-state index in [2.05, 4.69) is 33.6 Å². The molecule has 19 heavy (non-hydrogen) atoms. The van der Waals surface area contributed by atoms with Crippen molar-refractivity contribution in [2.24, 2.45) is 0 Å². The van der Waals surface area contributed by atoms with Crippen molar-refractivity contribution in [2.45, 2.75) is 33.2 Å². The third-order valence-corrected chi connectivity index (χ3v) is 3.68. The molecule has 1 aliphatic rings. The summed E-state index contributed by atoms with van der Waals surface area (Å²) in [5, 5.41) is 0. The molecule has 106 valence electrons. The summed E-state index contributed by atoms with van der Waals surface area (Å²) in [5.74, 6) is 1.46. The zero-order valence-electron chi connectivity index (χ0n) is 12.2. The van der Waals surface area contributed by atoms with Crippen molar-refractivity contribution in [3.05, 3.63) is 12.3 Å². The van der Waals surface area contributed by atoms with Crippen LogP contribution in [0.15, 0.2) is 12.3 Å². The Hall–Kier alpha value is -1.36. The van der Waals surface area contributed by atoms with Crippen LogP contribution >= 0.6 is 0 Å². The predicted molar refractivity (Wildman–Crippen MR) is 76.7 cm³/mol. The Kier molecular flexibility index (Phi) is 4.96. The lowest BCUT2D eigenvalue weighted by molar-refractivity contribution is 0.232. The molecule has 0 aliphatic carbocycles. The second-order valence-electron chi connectivity index (χ2n) is 4.74. The molecule has 0 aromatic carbocycles. The Morgan fingerprint density at radius 3 is 2.84 bits per heavy atom. The van der Waals surface area contributed by atoms with E-state index < -0.39 is 0 Å². The lowest BCUT2D eigenvalue weighted by Crippen LogP contribution is -2.37. The number of aromatic nitrogens is 2. The van der Waals surface area contributed by atoms with Crippen molar-refractivity contribution < 1.29 is 4.74 Å². The summed E-state index contributed by atoms with van der Waals surface area (Å²) < 4.78 is 5.43. The van der Waals surface area contributed by atoms with Gasteiger partial charge in [-0.1, -0.05) is 13.8 Å². The van der Waals surface area contributed by atoms with Gasteiger partial charge in [-0.2, -0.15) is 4.98 Å². The first-order valence-corrected chi connectivity index (χ1v) is 7.23. The van der Waals surface area contributed by atoms with Gasteiger partial charge in [-0.25, -0.2) is 4.98 Å². The number of likely N-dealkylation sites (N-methyl/N-ethyl adjacent to an activating group) is 1. The van der Waals surface area contributed by atoms with Crippen LogP contribution in [0.1, 0.15) is 27.2 Å². The summed E-state index contributed by atoms with van der Waals surface area (Å²) in [6.07, 6.45) is 2.96. The number of rotatable bonds is 6. The van der Waals surface area contributed by atoms with Crippen LogP contribution in [0.5, 0.6) is 5.88 Å². The highest BCUT2D eigenvalue weighted by Gasteiger charge is 2.27. The van der Waals surface area contributed by atoms with E-state index in [9.17, 15) is 0 Å². The van der Waals surface area contributed by atoms with Gasteiger partial charge in [-0.05, 0) is 26.4 Å². The Bertz CT molecular complexity index is 395. The minimum absolute atomic E-state index is 0.620. The fourth-order valence-electron chi connectivity index (χ4n) is 2.67. The largest absolute Gasteiger partial charge is 0.478 e. The summed E-state index contributed by atoms with van der Waals surface area (Å²) in [6.45, 7) is 11.3. The van der Waals surface area contributed by atoms with Crippen molar-refractivity contribution in [1.82, 2.24) is 14.9 Å². The Morgan fingerprint density at radius 1 is 1.37 bits per heavy atom. The molecule has 5 nitrogen and oxygen atoms in total. The Morgan fingerprint density at radius 2 is 2.16 bits per heavy atom. The zero-order chi connectivity index (χ0) is 13.7. The molecule has 0 bridgehead atoms. The van der Waals surface area contributed by atoms with Crippen molar-refractivity contribution in [1.29, 1.82) is 0 Å². The first kappa shape index (κ1) is 14.1. The van der Waals surface area contributed by atoms with Crippen molar-refractivity contribution >= 4 is 5.95 Å². The normalized spacial score (nSPS) is 19.2. The molecule has 0 radical (unpaired) electrons. The maximum atomic E-state index is 5.43. The molecule has 5 heteroatoms. The van der Waals surface area contributed by atoms with Crippen LogP contribution in [0, 0.1) is 0 Å². The predicted octanol–water partition coefficient (Wildman–Crippen LogP) is 1.80. The topological polar surface area (TPSA) is 41.5 Å². The van der Waals surface area contributed by atoms with E-state index in [0.717, 1.165) is 32.1 Å². The van der Waals surface area contributed by atoms with Gasteiger partial charge in [0.15, 0.2) is 0 Å². The highest BCUT2D eigenvalue weighted by Crippen LogP contribution is 2.21. The number of anilines is 1. The van der Waals surface area contributed by atoms with E-state index in [1.165, 1.54) is 6.42 Å². The first-order chi connectivity index (χ1) is 9.28. The Balaban J connectivity index is 2.02. The van der Waals surface area contributed by atoms with Crippen LogP contribution < -0.4 is 9.64 Å². The maximum Gasteiger partial charge on any atom is 0.228 e. The molecule has 1 atom stereocenters. The number of nitrogens with zero attached hydrogens (tertiary/aromatic N) is 4. The van der Waals surface area contributed by atoms with E-state index in [1.807, 2.05) is 13.0 Å². The van der Waals surface area contributed by atoms with Gasteiger partial charge in [0.2, 0.25) is 11.8 Å². The molecule has 1 aromatic heterocycles. The molecule has 1 saturated heterocycles. The molecule has 0 spiro atoms. The van der Waals surface area contributed by atoms with E-state index in [1.54, 1.807) is 6.20 Å². The summed E-state index contributed by atoms with van der Waals surface area (Å²) in [7, 11) is 0. The minimum atomic E-state index is 0.620. The number of hydrogen-bond acceptors (Lipinski definition) is 5. The van der Waals surface area contributed by atoms with Gasteiger partial charge < -0.3 is 9.64 Å². The first-order valence-electron chi connectivity index (χ1n) is 7.23. The highest BCUT2D eigenvalue weighted by atomic mass is 16.5. The van der Waals surface area contributed by atoms with E-state index in [0.29, 0.717) is 18.5 Å². The average molecular weight is 264 g/mol. The van der Waals surface area contributed by atoms with Gasteiger partial charge in [0.05, 0.1) is 6.61 Å². The SMILES string of the molecule is CCOc1ccnc(N2CC[C@@H](N(CC)CC)C2)n1. The molecule has 2 rings (SSSR count). The smallest absolute Gasteiger partial charge is 0.228 e. The van der Waals surface area contributed by atoms with Crippen molar-refractivity contribution in [3.8, 4) is 5.88 Å². The van der Waals surface area contributed by atoms with E-state index in [4.69, 9.17) is 4.74 Å². The van der Waals surface area contributed by atoms with Crippen LogP contribution in [0.2, 0.25) is 0 Å². The molecular weight excluding hydrogens is 240 g/mol. The molecule has 1 aliphatic heterocycles. The molecule has 0 N–H and O–H groups in total. The number of hydrogen-bond donors (Lipinski definition) is 0. The second kappa shape index (κ2) is 6.70. The van der Waals surface area contributed by atoms with Gasteiger partial charge in [0, 0.05) is 31.4 Å². The lowest BCUT2D eigenvalue weighted by Gasteiger charge is -2.26. The van der Waals surface area contributed by atoms with Crippen LogP contribution in [0.4, 0.5) is 5.95 Å². The van der Waals surface area contributed by atoms with Crippen LogP contribution in [-0.2, 0) is 0 Å². The third-order valence-electron chi connectivity index (χ3n) is 3.68. The van der Waals surface area contributed by atoms with Crippen molar-refractivity contribution in [3.63, 3.8) is 0 Å². The van der Waals surface area contributed by atoms with E-state index in [-0.39, 0.29) is 0 Å². The van der Waals surface area contributed by atoms with Gasteiger partial charge in [-0.15, -0.1) is 0 Å². The quantitative estimate of drug-likeness (QED) is 0.783. The van der Waals surface area contributed by atoms with Gasteiger partial charge >= 0.3 is 0 Å². The van der Waals surface area contributed by atoms with Crippen molar-refractivity contribution in [2.75, 3.05) is 37.7 Å². The molecule has 0 amide bonds. The molecule has 0 saturated carbocycles. The van der Waals surface area contributed by atoms with Gasteiger partial charge in [-0.3, -0.25) is 4.90 Å². The molecule has 0 unspecified atom stereocenters. The maximum absolute atomic E-state index is 5.43. The fourth-order valence-corrected chi connectivity index (χ4v) is 2.67. The monoisotopic (exact) mass is 264 g/mol. The van der Waals surface area contributed by atoms with Gasteiger partial charge in [0.1, 0.15) is 0 Å². The van der Waals surface area contributed by atoms with Crippen LogP contribution in [-0.4, -0.2) is 53.7 Å². The summed E-state index contributed by atoms with van der Waals surface area (Å²) in [5.41, 5.74) is 0. The van der Waals surface area contributed by atoms with Crippen LogP contribution in [0.3, 0.4) is 0 Å². The molecule has 2 heterocycles. The Labute approximate surface area is 115 Å². The zero-order valence-corrected chi connectivity index (χ0v) is 12.2. The number of ether oxygens (including phenoxy) is 1. The highest BCUT2D eigenvalue weighted by molar-refractivity contribution is 5.34. The standard InChI is InChI=1S/C14H24N4O/c1-4-17(5-2)12-8-10-18(11-12)14-15-9-7-13(16-14)19-6-3/h7,9,12H,4-6,8,10-11H2,1-3H3/t12-/m1/s1. The average Bonchev–Trinajstić information content (AvgIpc) is 2.91. The molecular formula is C14H24N4O. The molecule has 1 aromatic rings. The fraction of sp³-hybridized carbons (Fsp3) is 0.714. The second-order valence-corrected chi connectivity index (χ2v) is 4.74. The third kappa shape index (κ3) is 3.35. The van der Waals surface area contributed by atoms with Crippen LogP contribution in [0.25, 0.3) is 0 Å². The van der Waals surface area contributed by atoms with E-state index >= 15 is 0 Å². The summed E-state index contributed by atoms with van der Waals surface area (Å²) in [6, 6.07) is 2.43. The molecule has 1 fully saturated rings. The minimum Gasteiger partial charge on any atom is -0.478 e. The summed E-state index contributed by atoms with van der Waals surface area (Å²) >= 11 is 0. The van der Waals surface area contributed by atoms with Gasteiger partial charge in [0.25, 0.3) is 0 Å².